The summed E-state index contributed by atoms with van der Waals surface area (Å²) < 4.78 is 11.2. The van der Waals surface area contributed by atoms with E-state index < -0.39 is 0 Å². The molecule has 1 atom stereocenters. The minimum absolute atomic E-state index is 0.00655. The first kappa shape index (κ1) is 17.2. The topological polar surface area (TPSA) is 59.1 Å². The van der Waals surface area contributed by atoms with E-state index in [1.54, 1.807) is 4.90 Å². The van der Waals surface area contributed by atoms with Crippen LogP contribution in [0.15, 0.2) is 18.2 Å². The lowest BCUT2D eigenvalue weighted by atomic mass is 10.0. The van der Waals surface area contributed by atoms with Gasteiger partial charge in [-0.25, -0.2) is 0 Å². The highest BCUT2D eigenvalue weighted by atomic mass is 16.6. The van der Waals surface area contributed by atoms with Crippen LogP contribution in [0.5, 0.6) is 11.5 Å². The standard InChI is InChI=1S/C20H26N2O4/c23-19-12-15(20(24)21-8-4-2-1-3-5-9-21)14-22(19)16-6-7-17-18(13-16)26-11-10-25-17/h6-7,13,15H,1-5,8-12,14H2. The summed E-state index contributed by atoms with van der Waals surface area (Å²) in [5, 5.41) is 0. The molecule has 0 spiro atoms. The Labute approximate surface area is 154 Å². The highest BCUT2D eigenvalue weighted by Gasteiger charge is 2.37. The molecule has 3 aliphatic heterocycles. The molecule has 1 aromatic carbocycles. The number of rotatable bonds is 2. The minimum atomic E-state index is -0.241. The number of nitrogens with zero attached hydrogens (tertiary/aromatic N) is 2. The molecule has 2 amide bonds. The zero-order valence-corrected chi connectivity index (χ0v) is 15.1. The van der Waals surface area contributed by atoms with Gasteiger partial charge in [-0.1, -0.05) is 19.3 Å². The molecular formula is C20H26N2O4. The summed E-state index contributed by atoms with van der Waals surface area (Å²) in [4.78, 5) is 29.2. The number of ether oxygens (including phenoxy) is 2. The van der Waals surface area contributed by atoms with Crippen molar-refractivity contribution in [2.24, 2.45) is 5.92 Å². The van der Waals surface area contributed by atoms with Crippen molar-refractivity contribution in [3.8, 4) is 11.5 Å². The van der Waals surface area contributed by atoms with Crippen molar-refractivity contribution < 1.29 is 19.1 Å². The zero-order valence-electron chi connectivity index (χ0n) is 15.1. The molecule has 4 rings (SSSR count). The van der Waals surface area contributed by atoms with Gasteiger partial charge >= 0.3 is 0 Å². The molecule has 1 aromatic rings. The van der Waals surface area contributed by atoms with Gasteiger partial charge in [-0.05, 0) is 25.0 Å². The maximum absolute atomic E-state index is 12.9. The molecule has 0 N–H and O–H groups in total. The van der Waals surface area contributed by atoms with Gasteiger partial charge in [0.1, 0.15) is 13.2 Å². The molecule has 0 aromatic heterocycles. The van der Waals surface area contributed by atoms with Crippen molar-refractivity contribution in [3.05, 3.63) is 18.2 Å². The van der Waals surface area contributed by atoms with Gasteiger partial charge in [-0.3, -0.25) is 9.59 Å². The second-order valence-electron chi connectivity index (χ2n) is 7.33. The summed E-state index contributed by atoms with van der Waals surface area (Å²) in [5.41, 5.74) is 0.780. The third-order valence-electron chi connectivity index (χ3n) is 5.48. The van der Waals surface area contributed by atoms with E-state index in [0.29, 0.717) is 37.7 Å². The van der Waals surface area contributed by atoms with Crippen LogP contribution < -0.4 is 14.4 Å². The molecule has 6 heteroatoms. The van der Waals surface area contributed by atoms with Crippen molar-refractivity contribution in [1.29, 1.82) is 0 Å². The number of hydrogen-bond donors (Lipinski definition) is 0. The Morgan fingerprint density at radius 3 is 2.42 bits per heavy atom. The van der Waals surface area contributed by atoms with Gasteiger partial charge in [0.2, 0.25) is 11.8 Å². The van der Waals surface area contributed by atoms with E-state index >= 15 is 0 Å². The number of carbonyl (C=O) groups excluding carboxylic acids is 2. The van der Waals surface area contributed by atoms with Crippen LogP contribution in [0.4, 0.5) is 5.69 Å². The fraction of sp³-hybridized carbons (Fsp3) is 0.600. The average Bonchev–Trinajstić information content (AvgIpc) is 3.02. The van der Waals surface area contributed by atoms with Crippen LogP contribution in [-0.2, 0) is 9.59 Å². The van der Waals surface area contributed by atoms with Crippen molar-refractivity contribution in [2.45, 2.75) is 38.5 Å². The first-order valence-corrected chi connectivity index (χ1v) is 9.71. The number of anilines is 1. The van der Waals surface area contributed by atoms with E-state index in [-0.39, 0.29) is 17.7 Å². The molecular weight excluding hydrogens is 332 g/mol. The Kier molecular flexibility index (Phi) is 5.00. The van der Waals surface area contributed by atoms with Gasteiger partial charge in [0, 0.05) is 37.8 Å². The Bertz CT molecular complexity index is 682. The molecule has 0 radical (unpaired) electrons. The molecule has 3 aliphatic rings. The number of benzene rings is 1. The average molecular weight is 358 g/mol. The van der Waals surface area contributed by atoms with Gasteiger partial charge in [-0.2, -0.15) is 0 Å². The molecule has 1 unspecified atom stereocenters. The molecule has 2 saturated heterocycles. The van der Waals surface area contributed by atoms with Gasteiger partial charge in [0.05, 0.1) is 5.92 Å². The lowest BCUT2D eigenvalue weighted by molar-refractivity contribution is -0.136. The van der Waals surface area contributed by atoms with Crippen LogP contribution in [0.1, 0.15) is 38.5 Å². The largest absolute Gasteiger partial charge is 0.486 e. The molecule has 0 bridgehead atoms. The highest BCUT2D eigenvalue weighted by Crippen LogP contribution is 2.36. The summed E-state index contributed by atoms with van der Waals surface area (Å²) >= 11 is 0. The number of hydrogen-bond acceptors (Lipinski definition) is 4. The fourth-order valence-corrected chi connectivity index (χ4v) is 4.05. The van der Waals surface area contributed by atoms with Crippen molar-refractivity contribution >= 4 is 17.5 Å². The second-order valence-corrected chi connectivity index (χ2v) is 7.33. The third-order valence-corrected chi connectivity index (χ3v) is 5.48. The smallest absolute Gasteiger partial charge is 0.228 e. The Balaban J connectivity index is 1.45. The second kappa shape index (κ2) is 7.56. The molecule has 3 heterocycles. The first-order chi connectivity index (χ1) is 12.7. The molecule has 6 nitrogen and oxygen atoms in total. The predicted octanol–water partition coefficient (Wildman–Crippen LogP) is 2.60. The van der Waals surface area contributed by atoms with Crippen LogP contribution in [0, 0.1) is 5.92 Å². The van der Waals surface area contributed by atoms with E-state index in [1.165, 1.54) is 19.3 Å². The lowest BCUT2D eigenvalue weighted by Gasteiger charge is -2.27. The summed E-state index contributed by atoms with van der Waals surface area (Å²) in [6.07, 6.45) is 6.08. The van der Waals surface area contributed by atoms with E-state index in [1.807, 2.05) is 23.1 Å². The summed E-state index contributed by atoms with van der Waals surface area (Å²) in [5.74, 6) is 1.28. The molecule has 2 fully saturated rings. The van der Waals surface area contributed by atoms with Gasteiger partial charge in [-0.15, -0.1) is 0 Å². The monoisotopic (exact) mass is 358 g/mol. The predicted molar refractivity (Wildman–Crippen MR) is 97.6 cm³/mol. The summed E-state index contributed by atoms with van der Waals surface area (Å²) in [7, 11) is 0. The lowest BCUT2D eigenvalue weighted by Crippen LogP contribution is -2.39. The van der Waals surface area contributed by atoms with Crippen LogP contribution in [0.2, 0.25) is 0 Å². The van der Waals surface area contributed by atoms with E-state index in [2.05, 4.69) is 0 Å². The van der Waals surface area contributed by atoms with Crippen molar-refractivity contribution in [2.75, 3.05) is 37.7 Å². The van der Waals surface area contributed by atoms with Gasteiger partial charge in [0.25, 0.3) is 0 Å². The minimum Gasteiger partial charge on any atom is -0.486 e. The molecule has 140 valence electrons. The maximum atomic E-state index is 12.9. The number of amides is 2. The fourth-order valence-electron chi connectivity index (χ4n) is 4.05. The zero-order chi connectivity index (χ0) is 17.9. The van der Waals surface area contributed by atoms with Crippen LogP contribution in [0.25, 0.3) is 0 Å². The van der Waals surface area contributed by atoms with Crippen molar-refractivity contribution in [3.63, 3.8) is 0 Å². The molecule has 26 heavy (non-hydrogen) atoms. The van der Waals surface area contributed by atoms with Gasteiger partial charge in [0.15, 0.2) is 11.5 Å². The Hall–Kier alpha value is -2.24. The molecule has 0 saturated carbocycles. The summed E-state index contributed by atoms with van der Waals surface area (Å²) in [6.45, 7) is 3.16. The highest BCUT2D eigenvalue weighted by molar-refractivity contribution is 6.00. The van der Waals surface area contributed by atoms with Gasteiger partial charge < -0.3 is 19.3 Å². The van der Waals surface area contributed by atoms with Crippen LogP contribution >= 0.6 is 0 Å². The number of fused-ring (bicyclic) bond motifs is 1. The quantitative estimate of drug-likeness (QED) is 0.815. The number of likely N-dealkylation sites (tertiary alicyclic amines) is 1. The van der Waals surface area contributed by atoms with Crippen LogP contribution in [-0.4, -0.2) is 49.6 Å². The summed E-state index contributed by atoms with van der Waals surface area (Å²) in [6, 6.07) is 5.55. The Morgan fingerprint density at radius 1 is 0.962 bits per heavy atom. The number of carbonyl (C=O) groups is 2. The maximum Gasteiger partial charge on any atom is 0.228 e. The van der Waals surface area contributed by atoms with E-state index in [0.717, 1.165) is 31.6 Å². The molecule has 0 aliphatic carbocycles. The first-order valence-electron chi connectivity index (χ1n) is 9.71. The van der Waals surface area contributed by atoms with E-state index in [9.17, 15) is 9.59 Å². The SMILES string of the molecule is O=C(C1CC(=O)N(c2ccc3c(c2)OCCO3)C1)N1CCCCCCC1. The normalized spacial score (nSPS) is 23.5. The van der Waals surface area contributed by atoms with Crippen molar-refractivity contribution in [1.82, 2.24) is 4.90 Å². The van der Waals surface area contributed by atoms with Crippen LogP contribution in [0.3, 0.4) is 0 Å². The Morgan fingerprint density at radius 2 is 1.65 bits per heavy atom. The third kappa shape index (κ3) is 3.50. The van der Waals surface area contributed by atoms with E-state index in [4.69, 9.17) is 9.47 Å².